The highest BCUT2D eigenvalue weighted by Crippen LogP contribution is 2.30. The molecule has 0 N–H and O–H groups in total. The average molecular weight is 282 g/mol. The van der Waals surface area contributed by atoms with Gasteiger partial charge in [-0.2, -0.15) is 0 Å². The van der Waals surface area contributed by atoms with Crippen LogP contribution in [0.3, 0.4) is 0 Å². The van der Waals surface area contributed by atoms with Gasteiger partial charge in [-0.3, -0.25) is 9.59 Å². The van der Waals surface area contributed by atoms with Crippen molar-refractivity contribution in [3.05, 3.63) is 22.4 Å². The number of methoxy groups -OCH3 is 1. The van der Waals surface area contributed by atoms with Gasteiger partial charge in [0.2, 0.25) is 0 Å². The van der Waals surface area contributed by atoms with Crippen molar-refractivity contribution in [2.45, 2.75) is 46.0 Å². The van der Waals surface area contributed by atoms with E-state index in [4.69, 9.17) is 0 Å². The van der Waals surface area contributed by atoms with Gasteiger partial charge in [-0.15, -0.1) is 11.3 Å². The highest BCUT2D eigenvalue weighted by atomic mass is 32.1. The molecule has 1 aromatic heterocycles. The third kappa shape index (κ3) is 5.15. The van der Waals surface area contributed by atoms with Crippen molar-refractivity contribution in [1.29, 1.82) is 0 Å². The van der Waals surface area contributed by atoms with Gasteiger partial charge in [0.25, 0.3) is 0 Å². The van der Waals surface area contributed by atoms with Crippen LogP contribution >= 0.6 is 11.3 Å². The van der Waals surface area contributed by atoms with Crippen molar-refractivity contribution in [2.24, 2.45) is 5.41 Å². The lowest BCUT2D eigenvalue weighted by molar-refractivity contribution is -0.140. The molecule has 0 bridgehead atoms. The van der Waals surface area contributed by atoms with E-state index < -0.39 is 0 Å². The number of rotatable bonds is 8. The van der Waals surface area contributed by atoms with Gasteiger partial charge in [0, 0.05) is 11.8 Å². The van der Waals surface area contributed by atoms with E-state index in [1.54, 1.807) is 0 Å². The Kier molecular flexibility index (Phi) is 6.22. The van der Waals surface area contributed by atoms with Crippen LogP contribution in [0.1, 0.15) is 55.6 Å². The molecule has 0 aliphatic rings. The smallest absolute Gasteiger partial charge is 0.305 e. The summed E-state index contributed by atoms with van der Waals surface area (Å²) < 4.78 is 4.59. The predicted octanol–water partition coefficient (Wildman–Crippen LogP) is 4.08. The first-order valence-electron chi connectivity index (χ1n) is 6.62. The highest BCUT2D eigenvalue weighted by Gasteiger charge is 2.28. The zero-order chi connectivity index (χ0) is 14.3. The van der Waals surface area contributed by atoms with E-state index in [-0.39, 0.29) is 17.2 Å². The van der Waals surface area contributed by atoms with Crippen LogP contribution in [0.25, 0.3) is 0 Å². The summed E-state index contributed by atoms with van der Waals surface area (Å²) in [5.74, 6) is 0.0596. The monoisotopic (exact) mass is 282 g/mol. The minimum absolute atomic E-state index is 0.158. The van der Waals surface area contributed by atoms with Crippen LogP contribution in [0, 0.1) is 5.41 Å². The van der Waals surface area contributed by atoms with Gasteiger partial charge in [-0.05, 0) is 24.3 Å². The molecule has 0 saturated carbocycles. The molecule has 0 aliphatic heterocycles. The molecule has 1 heterocycles. The molecule has 3 nitrogen and oxygen atoms in total. The number of ether oxygens (including phenoxy) is 1. The Morgan fingerprint density at radius 1 is 1.26 bits per heavy atom. The van der Waals surface area contributed by atoms with Gasteiger partial charge >= 0.3 is 5.97 Å². The number of hydrogen-bond acceptors (Lipinski definition) is 4. The molecular formula is C15H22O3S. The molecular weight excluding hydrogens is 260 g/mol. The Hall–Kier alpha value is -1.16. The molecule has 0 radical (unpaired) electrons. The fourth-order valence-corrected chi connectivity index (χ4v) is 2.81. The van der Waals surface area contributed by atoms with E-state index >= 15 is 0 Å². The van der Waals surface area contributed by atoms with E-state index in [9.17, 15) is 9.59 Å². The summed E-state index contributed by atoms with van der Waals surface area (Å²) in [6.45, 7) is 3.99. The SMILES string of the molecule is COC(=O)CCCCCC(C)(C)C(=O)c1cccs1. The standard InChI is InChI=1S/C15H22O3S/c1-15(2,14(17)12-8-7-11-19-12)10-6-4-5-9-13(16)18-3/h7-8,11H,4-6,9-10H2,1-3H3. The van der Waals surface area contributed by atoms with Crippen molar-refractivity contribution >= 4 is 23.1 Å². The number of ketones is 1. The van der Waals surface area contributed by atoms with Crippen LogP contribution in [0.15, 0.2) is 17.5 Å². The fraction of sp³-hybridized carbons (Fsp3) is 0.600. The van der Waals surface area contributed by atoms with E-state index in [0.717, 1.165) is 30.6 Å². The first-order valence-corrected chi connectivity index (χ1v) is 7.50. The largest absolute Gasteiger partial charge is 0.469 e. The summed E-state index contributed by atoms with van der Waals surface area (Å²) in [4.78, 5) is 24.1. The molecule has 0 aliphatic carbocycles. The summed E-state index contributed by atoms with van der Waals surface area (Å²) in [6, 6.07) is 3.79. The maximum Gasteiger partial charge on any atom is 0.305 e. The van der Waals surface area contributed by atoms with Gasteiger partial charge in [0.1, 0.15) is 0 Å². The summed E-state index contributed by atoms with van der Waals surface area (Å²) in [5, 5.41) is 1.93. The molecule has 19 heavy (non-hydrogen) atoms. The van der Waals surface area contributed by atoms with Crippen molar-refractivity contribution < 1.29 is 14.3 Å². The van der Waals surface area contributed by atoms with E-state index in [1.807, 2.05) is 31.4 Å². The average Bonchev–Trinajstić information content (AvgIpc) is 2.90. The minimum Gasteiger partial charge on any atom is -0.469 e. The lowest BCUT2D eigenvalue weighted by atomic mass is 9.82. The van der Waals surface area contributed by atoms with Crippen LogP contribution in [0.4, 0.5) is 0 Å². The number of hydrogen-bond donors (Lipinski definition) is 0. The molecule has 0 unspecified atom stereocenters. The van der Waals surface area contributed by atoms with Crippen LogP contribution in [-0.2, 0) is 9.53 Å². The van der Waals surface area contributed by atoms with Crippen molar-refractivity contribution in [3.63, 3.8) is 0 Å². The van der Waals surface area contributed by atoms with Crippen molar-refractivity contribution in [1.82, 2.24) is 0 Å². The van der Waals surface area contributed by atoms with Gasteiger partial charge in [0.05, 0.1) is 12.0 Å². The number of unbranched alkanes of at least 4 members (excludes halogenated alkanes) is 2. The Morgan fingerprint density at radius 2 is 2.00 bits per heavy atom. The van der Waals surface area contributed by atoms with Gasteiger partial charge in [-0.1, -0.05) is 32.8 Å². The first-order chi connectivity index (χ1) is 8.97. The second-order valence-electron chi connectivity index (χ2n) is 5.33. The van der Waals surface area contributed by atoms with Crippen LogP contribution in [0.5, 0.6) is 0 Å². The van der Waals surface area contributed by atoms with Gasteiger partial charge in [0.15, 0.2) is 5.78 Å². The Morgan fingerprint density at radius 3 is 2.58 bits per heavy atom. The van der Waals surface area contributed by atoms with E-state index in [0.29, 0.717) is 6.42 Å². The number of thiophene rings is 1. The number of carbonyl (C=O) groups excluding carboxylic acids is 2. The van der Waals surface area contributed by atoms with Crippen LogP contribution in [0.2, 0.25) is 0 Å². The third-order valence-electron chi connectivity index (χ3n) is 3.27. The molecule has 106 valence electrons. The maximum absolute atomic E-state index is 12.3. The number of Topliss-reactive ketones (excluding diaryl/α,β-unsaturated/α-hetero) is 1. The molecule has 0 saturated heterocycles. The molecule has 1 aromatic rings. The zero-order valence-corrected chi connectivity index (χ0v) is 12.7. The van der Waals surface area contributed by atoms with Crippen molar-refractivity contribution in [2.75, 3.05) is 7.11 Å². The van der Waals surface area contributed by atoms with E-state index in [2.05, 4.69) is 4.74 Å². The summed E-state index contributed by atoms with van der Waals surface area (Å²) in [5.41, 5.74) is -0.323. The zero-order valence-electron chi connectivity index (χ0n) is 11.9. The fourth-order valence-electron chi connectivity index (χ4n) is 1.97. The summed E-state index contributed by atoms with van der Waals surface area (Å²) >= 11 is 1.50. The van der Waals surface area contributed by atoms with Crippen LogP contribution in [-0.4, -0.2) is 18.9 Å². The third-order valence-corrected chi connectivity index (χ3v) is 4.14. The highest BCUT2D eigenvalue weighted by molar-refractivity contribution is 7.12. The second kappa shape index (κ2) is 7.43. The van der Waals surface area contributed by atoms with Gasteiger partial charge in [-0.25, -0.2) is 0 Å². The first kappa shape index (κ1) is 15.9. The summed E-state index contributed by atoms with van der Waals surface area (Å²) in [6.07, 6.45) is 4.06. The molecule has 0 aromatic carbocycles. The van der Waals surface area contributed by atoms with Crippen LogP contribution < -0.4 is 0 Å². The topological polar surface area (TPSA) is 43.4 Å². The number of carbonyl (C=O) groups is 2. The normalized spacial score (nSPS) is 11.3. The molecule has 0 spiro atoms. The Bertz CT molecular complexity index is 407. The van der Waals surface area contributed by atoms with E-state index in [1.165, 1.54) is 18.4 Å². The molecule has 0 amide bonds. The summed E-state index contributed by atoms with van der Waals surface area (Å²) in [7, 11) is 1.41. The predicted molar refractivity (Wildman–Crippen MR) is 77.5 cm³/mol. The lowest BCUT2D eigenvalue weighted by Gasteiger charge is -2.22. The lowest BCUT2D eigenvalue weighted by Crippen LogP contribution is -2.23. The van der Waals surface area contributed by atoms with Gasteiger partial charge < -0.3 is 4.74 Å². The molecule has 0 fully saturated rings. The quantitative estimate of drug-likeness (QED) is 0.410. The maximum atomic E-state index is 12.3. The molecule has 4 heteroatoms. The Balaban J connectivity index is 2.31. The van der Waals surface area contributed by atoms with Crippen molar-refractivity contribution in [3.8, 4) is 0 Å². The Labute approximate surface area is 119 Å². The second-order valence-corrected chi connectivity index (χ2v) is 6.27. The number of esters is 1. The molecule has 1 rings (SSSR count). The molecule has 0 atom stereocenters. The minimum atomic E-state index is -0.323.